The number of rotatable bonds is 9. The Hall–Kier alpha value is 0.190. The molecule has 0 N–H and O–H groups in total. The van der Waals surface area contributed by atoms with Crippen LogP contribution in [0, 0.1) is 0 Å². The largest absolute Gasteiger partial charge is 0.475 e. The normalized spacial score (nSPS) is 17.2. The van der Waals surface area contributed by atoms with Gasteiger partial charge in [-0.2, -0.15) is 0 Å². The molecule has 108 valence electrons. The number of alkyl halides is 2. The van der Waals surface area contributed by atoms with Gasteiger partial charge in [0, 0.05) is 14.2 Å². The lowest BCUT2D eigenvalue weighted by atomic mass is 9.96. The quantitative estimate of drug-likeness (QED) is 0.470. The fourth-order valence-electron chi connectivity index (χ4n) is 1.19. The van der Waals surface area contributed by atoms with E-state index in [0.29, 0.717) is 6.42 Å². The fraction of sp³-hybridized carbons (Fsp3) is 0.900. The maximum Gasteiger partial charge on any atom is 0.475 e. The van der Waals surface area contributed by atoms with Gasteiger partial charge in [-0.1, -0.05) is 19.8 Å². The standard InChI is InChI=1S/C10H19BrFO5P/c1-5-6-7-10(2,12)8(13)9(11)17-18(14,15-3)16-4/h9H,5-7H2,1-4H3/t9?,10-/m0/s1. The highest BCUT2D eigenvalue weighted by Crippen LogP contribution is 2.50. The number of hydrogen-bond donors (Lipinski definition) is 0. The Morgan fingerprint density at radius 2 is 1.94 bits per heavy atom. The van der Waals surface area contributed by atoms with Crippen LogP contribution in [0.15, 0.2) is 0 Å². The summed E-state index contributed by atoms with van der Waals surface area (Å²) in [6.07, 6.45) is 1.43. The van der Waals surface area contributed by atoms with E-state index in [9.17, 15) is 13.8 Å². The van der Waals surface area contributed by atoms with Crippen molar-refractivity contribution < 1.29 is 27.3 Å². The van der Waals surface area contributed by atoms with Gasteiger partial charge in [0.15, 0.2) is 10.7 Å². The number of carbonyl (C=O) groups excluding carboxylic acids is 1. The zero-order valence-electron chi connectivity index (χ0n) is 10.9. The lowest BCUT2D eigenvalue weighted by Gasteiger charge is -2.23. The average Bonchev–Trinajstić information content (AvgIpc) is 2.35. The molecule has 5 nitrogen and oxygen atoms in total. The molecule has 0 aromatic rings. The molecule has 0 aliphatic carbocycles. The van der Waals surface area contributed by atoms with Crippen LogP contribution in [0.2, 0.25) is 0 Å². The molecule has 8 heteroatoms. The lowest BCUT2D eigenvalue weighted by molar-refractivity contribution is -0.134. The van der Waals surface area contributed by atoms with Gasteiger partial charge in [0.25, 0.3) is 0 Å². The summed E-state index contributed by atoms with van der Waals surface area (Å²) in [5.41, 5.74) is -2.05. The van der Waals surface area contributed by atoms with E-state index in [2.05, 4.69) is 25.0 Å². The summed E-state index contributed by atoms with van der Waals surface area (Å²) < 4.78 is 39.5. The van der Waals surface area contributed by atoms with Crippen molar-refractivity contribution >= 4 is 29.5 Å². The number of ketones is 1. The summed E-state index contributed by atoms with van der Waals surface area (Å²) in [7, 11) is -1.60. The Morgan fingerprint density at radius 3 is 2.33 bits per heavy atom. The molecule has 0 rings (SSSR count). The Kier molecular flexibility index (Phi) is 7.78. The third-order valence-corrected chi connectivity index (χ3v) is 4.64. The average molecular weight is 349 g/mol. The van der Waals surface area contributed by atoms with Crippen LogP contribution in [-0.4, -0.2) is 30.7 Å². The summed E-state index contributed by atoms with van der Waals surface area (Å²) in [4.78, 5) is 11.8. The minimum absolute atomic E-state index is 0.0814. The van der Waals surface area contributed by atoms with Crippen molar-refractivity contribution in [1.29, 1.82) is 0 Å². The van der Waals surface area contributed by atoms with Crippen molar-refractivity contribution in [2.24, 2.45) is 0 Å². The predicted octanol–water partition coefficient (Wildman–Crippen LogP) is 3.61. The highest BCUT2D eigenvalue weighted by molar-refractivity contribution is 9.09. The molecule has 18 heavy (non-hydrogen) atoms. The van der Waals surface area contributed by atoms with Gasteiger partial charge in [0.2, 0.25) is 5.78 Å². The summed E-state index contributed by atoms with van der Waals surface area (Å²) in [6, 6.07) is 0. The molecule has 2 atom stereocenters. The van der Waals surface area contributed by atoms with Crippen LogP contribution in [0.25, 0.3) is 0 Å². The van der Waals surface area contributed by atoms with E-state index in [1.807, 2.05) is 6.92 Å². The van der Waals surface area contributed by atoms with Crippen molar-refractivity contribution in [2.45, 2.75) is 43.8 Å². The third-order valence-electron chi connectivity index (χ3n) is 2.39. The number of Topliss-reactive ketones (excluding diaryl/α,β-unsaturated/α-hetero) is 1. The minimum atomic E-state index is -3.82. The van der Waals surface area contributed by atoms with Gasteiger partial charge < -0.3 is 0 Å². The molecular weight excluding hydrogens is 330 g/mol. The molecule has 0 radical (unpaired) electrons. The first-order chi connectivity index (χ1) is 8.22. The number of carbonyl (C=O) groups is 1. The van der Waals surface area contributed by atoms with Crippen LogP contribution in [-0.2, 0) is 22.9 Å². The van der Waals surface area contributed by atoms with E-state index < -0.39 is 24.3 Å². The van der Waals surface area contributed by atoms with Gasteiger partial charge in [-0.15, -0.1) is 0 Å². The highest BCUT2D eigenvalue weighted by atomic mass is 79.9. The van der Waals surface area contributed by atoms with Crippen molar-refractivity contribution in [3.63, 3.8) is 0 Å². The summed E-state index contributed by atoms with van der Waals surface area (Å²) in [6.45, 7) is 3.07. The molecule has 0 aromatic carbocycles. The van der Waals surface area contributed by atoms with E-state index >= 15 is 0 Å². The van der Waals surface area contributed by atoms with Crippen LogP contribution in [0.5, 0.6) is 0 Å². The van der Waals surface area contributed by atoms with Crippen LogP contribution in [0.1, 0.15) is 33.1 Å². The molecule has 0 saturated carbocycles. The number of hydrogen-bond acceptors (Lipinski definition) is 5. The molecule has 0 aliphatic rings. The first-order valence-corrected chi connectivity index (χ1v) is 7.87. The maximum absolute atomic E-state index is 14.1. The zero-order chi connectivity index (χ0) is 14.4. The molecule has 0 spiro atoms. The topological polar surface area (TPSA) is 61.8 Å². The van der Waals surface area contributed by atoms with Crippen molar-refractivity contribution in [3.05, 3.63) is 0 Å². The highest BCUT2D eigenvalue weighted by Gasteiger charge is 2.40. The van der Waals surface area contributed by atoms with E-state index in [-0.39, 0.29) is 6.42 Å². The van der Waals surface area contributed by atoms with Gasteiger partial charge in [-0.25, -0.2) is 8.96 Å². The first kappa shape index (κ1) is 18.2. The second kappa shape index (κ2) is 7.70. The van der Waals surface area contributed by atoms with Gasteiger partial charge in [-0.3, -0.25) is 18.4 Å². The summed E-state index contributed by atoms with van der Waals surface area (Å²) in [5, 5.41) is -1.38. The SMILES string of the molecule is CCCC[C@](C)(F)C(=O)C(Br)OP(=O)(OC)OC. The van der Waals surface area contributed by atoms with Crippen molar-refractivity contribution in [1.82, 2.24) is 0 Å². The molecule has 0 heterocycles. The summed E-state index contributed by atoms with van der Waals surface area (Å²) in [5.74, 6) is -0.842. The Morgan fingerprint density at radius 1 is 1.44 bits per heavy atom. The molecule has 0 aliphatic heterocycles. The molecule has 0 bridgehead atoms. The smallest absolute Gasteiger partial charge is 0.292 e. The van der Waals surface area contributed by atoms with Crippen LogP contribution < -0.4 is 0 Å². The molecular formula is C10H19BrFO5P. The Labute approximate surface area is 115 Å². The Balaban J connectivity index is 4.64. The fourth-order valence-corrected chi connectivity index (χ4v) is 2.93. The minimum Gasteiger partial charge on any atom is -0.292 e. The third kappa shape index (κ3) is 5.45. The van der Waals surface area contributed by atoms with Crippen LogP contribution >= 0.6 is 23.8 Å². The molecule has 0 aromatic heterocycles. The lowest BCUT2D eigenvalue weighted by Crippen LogP contribution is -2.37. The first-order valence-electron chi connectivity index (χ1n) is 5.49. The molecule has 0 saturated heterocycles. The molecule has 0 amide bonds. The predicted molar refractivity (Wildman–Crippen MR) is 69.5 cm³/mol. The van der Waals surface area contributed by atoms with E-state index in [0.717, 1.165) is 20.6 Å². The van der Waals surface area contributed by atoms with Crippen LogP contribution in [0.3, 0.4) is 0 Å². The number of halogens is 2. The molecule has 1 unspecified atom stereocenters. The number of unbranched alkanes of at least 4 members (excludes halogenated alkanes) is 1. The van der Waals surface area contributed by atoms with E-state index in [1.165, 1.54) is 6.92 Å². The van der Waals surface area contributed by atoms with E-state index in [4.69, 9.17) is 4.52 Å². The monoisotopic (exact) mass is 348 g/mol. The Bertz CT molecular complexity index is 315. The van der Waals surface area contributed by atoms with Gasteiger partial charge in [0.1, 0.15) is 0 Å². The molecule has 0 fully saturated rings. The number of phosphoric acid groups is 1. The van der Waals surface area contributed by atoms with Gasteiger partial charge in [-0.05, 0) is 29.3 Å². The van der Waals surface area contributed by atoms with E-state index in [1.54, 1.807) is 0 Å². The zero-order valence-corrected chi connectivity index (χ0v) is 13.4. The van der Waals surface area contributed by atoms with Crippen molar-refractivity contribution in [3.8, 4) is 0 Å². The number of phosphoric ester groups is 1. The van der Waals surface area contributed by atoms with Crippen LogP contribution in [0.4, 0.5) is 4.39 Å². The maximum atomic E-state index is 14.1. The van der Waals surface area contributed by atoms with Crippen molar-refractivity contribution in [2.75, 3.05) is 14.2 Å². The summed E-state index contributed by atoms with van der Waals surface area (Å²) >= 11 is 2.84. The van der Waals surface area contributed by atoms with Gasteiger partial charge in [0.05, 0.1) is 0 Å². The van der Waals surface area contributed by atoms with Gasteiger partial charge >= 0.3 is 7.82 Å². The second-order valence-electron chi connectivity index (χ2n) is 3.90. The second-order valence-corrected chi connectivity index (χ2v) is 6.57.